The first-order valence-electron chi connectivity index (χ1n) is 7.27. The van der Waals surface area contributed by atoms with Crippen LogP contribution in [0.5, 0.6) is 0 Å². The Balaban J connectivity index is 1.78. The van der Waals surface area contributed by atoms with Crippen LogP contribution in [0.2, 0.25) is 0 Å². The number of aromatic nitrogens is 1. The number of carbonyl (C=O) groups is 1. The summed E-state index contributed by atoms with van der Waals surface area (Å²) in [5.74, 6) is -0.116. The van der Waals surface area contributed by atoms with Crippen molar-refractivity contribution < 1.29 is 13.2 Å². The van der Waals surface area contributed by atoms with Crippen LogP contribution in [0.3, 0.4) is 0 Å². The normalized spacial score (nSPS) is 20.9. The zero-order valence-electron chi connectivity index (χ0n) is 11.8. The van der Waals surface area contributed by atoms with E-state index in [0.717, 1.165) is 25.9 Å². The number of nitrogens with one attached hydrogen (secondary N) is 2. The van der Waals surface area contributed by atoms with Gasteiger partial charge in [-0.25, -0.2) is 8.42 Å². The molecule has 0 aliphatic carbocycles. The molecule has 0 aromatic carbocycles. The van der Waals surface area contributed by atoms with E-state index in [-0.39, 0.29) is 10.8 Å². The largest absolute Gasteiger partial charge is 0.356 e. The highest BCUT2D eigenvalue weighted by atomic mass is 32.2. The van der Waals surface area contributed by atoms with Crippen LogP contribution >= 0.6 is 0 Å². The number of aromatic amines is 1. The molecule has 0 atom stereocenters. The molecule has 21 heavy (non-hydrogen) atoms. The van der Waals surface area contributed by atoms with Crippen LogP contribution in [0.4, 0.5) is 0 Å². The van der Waals surface area contributed by atoms with Gasteiger partial charge in [-0.1, -0.05) is 0 Å². The topological polar surface area (TPSA) is 85.5 Å². The van der Waals surface area contributed by atoms with Gasteiger partial charge in [0.05, 0.1) is 0 Å². The first-order valence-corrected chi connectivity index (χ1v) is 8.71. The molecular formula is C13H20N4O3S. The molecule has 0 radical (unpaired) electrons. The van der Waals surface area contributed by atoms with Crippen molar-refractivity contribution in [2.45, 2.75) is 17.7 Å². The number of H-pyrrole nitrogens is 1. The Morgan fingerprint density at radius 1 is 1.10 bits per heavy atom. The summed E-state index contributed by atoms with van der Waals surface area (Å²) in [4.78, 5) is 17.0. The summed E-state index contributed by atoms with van der Waals surface area (Å²) in [6.45, 7) is 3.73. The van der Waals surface area contributed by atoms with Crippen LogP contribution in [0.15, 0.2) is 17.2 Å². The minimum absolute atomic E-state index is 0.116. The van der Waals surface area contributed by atoms with Crippen LogP contribution in [-0.2, 0) is 10.0 Å². The van der Waals surface area contributed by atoms with Crippen molar-refractivity contribution in [2.24, 2.45) is 0 Å². The molecule has 0 unspecified atom stereocenters. The van der Waals surface area contributed by atoms with Gasteiger partial charge in [-0.15, -0.1) is 0 Å². The summed E-state index contributed by atoms with van der Waals surface area (Å²) >= 11 is 0. The van der Waals surface area contributed by atoms with Crippen LogP contribution in [0.25, 0.3) is 0 Å². The SMILES string of the molecule is O=C(c1cc(S(=O)(=O)N2CCNCC2)c[nH]1)N1CCCC1. The molecule has 7 nitrogen and oxygen atoms in total. The van der Waals surface area contributed by atoms with Crippen molar-refractivity contribution in [1.82, 2.24) is 19.5 Å². The molecule has 2 fully saturated rings. The number of amides is 1. The molecule has 0 bridgehead atoms. The maximum absolute atomic E-state index is 12.5. The summed E-state index contributed by atoms with van der Waals surface area (Å²) < 4.78 is 26.5. The van der Waals surface area contributed by atoms with Gasteiger partial charge in [0, 0.05) is 45.5 Å². The van der Waals surface area contributed by atoms with Crippen molar-refractivity contribution in [3.63, 3.8) is 0 Å². The van der Waals surface area contributed by atoms with E-state index in [1.807, 2.05) is 0 Å². The quantitative estimate of drug-likeness (QED) is 0.812. The van der Waals surface area contributed by atoms with Crippen LogP contribution < -0.4 is 5.32 Å². The molecule has 2 aliphatic heterocycles. The second kappa shape index (κ2) is 5.78. The van der Waals surface area contributed by atoms with E-state index in [9.17, 15) is 13.2 Å². The fourth-order valence-corrected chi connectivity index (χ4v) is 4.21. The Morgan fingerprint density at radius 2 is 1.76 bits per heavy atom. The van der Waals surface area contributed by atoms with Crippen molar-refractivity contribution in [2.75, 3.05) is 39.3 Å². The van der Waals surface area contributed by atoms with Gasteiger partial charge in [0.15, 0.2) is 0 Å². The number of likely N-dealkylation sites (tertiary alicyclic amines) is 1. The average molecular weight is 312 g/mol. The molecule has 1 aromatic rings. The van der Waals surface area contributed by atoms with Crippen molar-refractivity contribution >= 4 is 15.9 Å². The summed E-state index contributed by atoms with van der Waals surface area (Å²) in [6.07, 6.45) is 3.44. The molecular weight excluding hydrogens is 292 g/mol. The summed E-state index contributed by atoms with van der Waals surface area (Å²) in [5, 5.41) is 3.12. The van der Waals surface area contributed by atoms with Crippen molar-refractivity contribution in [1.29, 1.82) is 0 Å². The Bertz CT molecular complexity index is 613. The zero-order chi connectivity index (χ0) is 14.9. The lowest BCUT2D eigenvalue weighted by atomic mass is 10.4. The fourth-order valence-electron chi connectivity index (χ4n) is 2.77. The third-order valence-corrected chi connectivity index (χ3v) is 5.87. The summed E-state index contributed by atoms with van der Waals surface area (Å²) in [7, 11) is -3.51. The van der Waals surface area contributed by atoms with Gasteiger partial charge in [-0.2, -0.15) is 4.31 Å². The predicted molar refractivity (Wildman–Crippen MR) is 77.6 cm³/mol. The molecule has 0 spiro atoms. The molecule has 116 valence electrons. The summed E-state index contributed by atoms with van der Waals surface area (Å²) in [5.41, 5.74) is 0.352. The summed E-state index contributed by atoms with van der Waals surface area (Å²) in [6, 6.07) is 1.46. The Kier molecular flexibility index (Phi) is 4.01. The van der Waals surface area contributed by atoms with Crippen molar-refractivity contribution in [3.8, 4) is 0 Å². The zero-order valence-corrected chi connectivity index (χ0v) is 12.7. The average Bonchev–Trinajstić information content (AvgIpc) is 3.19. The third kappa shape index (κ3) is 2.83. The Morgan fingerprint density at radius 3 is 2.43 bits per heavy atom. The molecule has 2 saturated heterocycles. The predicted octanol–water partition coefficient (Wildman–Crippen LogP) is -0.155. The molecule has 1 amide bonds. The highest BCUT2D eigenvalue weighted by Gasteiger charge is 2.28. The minimum Gasteiger partial charge on any atom is -0.356 e. The number of sulfonamides is 1. The second-order valence-corrected chi connectivity index (χ2v) is 7.34. The van der Waals surface area contributed by atoms with E-state index in [1.54, 1.807) is 4.90 Å². The monoisotopic (exact) mass is 312 g/mol. The highest BCUT2D eigenvalue weighted by Crippen LogP contribution is 2.19. The van der Waals surface area contributed by atoms with Crippen LogP contribution in [0.1, 0.15) is 23.3 Å². The van der Waals surface area contributed by atoms with E-state index in [1.165, 1.54) is 16.6 Å². The first-order chi connectivity index (χ1) is 10.1. The van der Waals surface area contributed by atoms with Gasteiger partial charge >= 0.3 is 0 Å². The number of hydrogen-bond acceptors (Lipinski definition) is 4. The lowest BCUT2D eigenvalue weighted by Crippen LogP contribution is -2.46. The van der Waals surface area contributed by atoms with Gasteiger partial charge in [0.25, 0.3) is 5.91 Å². The lowest BCUT2D eigenvalue weighted by molar-refractivity contribution is 0.0787. The van der Waals surface area contributed by atoms with E-state index in [0.29, 0.717) is 31.9 Å². The molecule has 3 heterocycles. The number of nitrogens with zero attached hydrogens (tertiary/aromatic N) is 2. The molecule has 0 saturated carbocycles. The number of rotatable bonds is 3. The van der Waals surface area contributed by atoms with Gasteiger partial charge in [-0.05, 0) is 18.9 Å². The highest BCUT2D eigenvalue weighted by molar-refractivity contribution is 7.89. The molecule has 8 heteroatoms. The van der Waals surface area contributed by atoms with E-state index in [4.69, 9.17) is 0 Å². The van der Waals surface area contributed by atoms with Crippen LogP contribution in [-0.4, -0.2) is 67.8 Å². The standard InChI is InChI=1S/C13H20N4O3S/c18-13(16-5-1-2-6-16)12-9-11(10-15-12)21(19,20)17-7-3-14-4-8-17/h9-10,14-15H,1-8H2. The fraction of sp³-hybridized carbons (Fsp3) is 0.615. The minimum atomic E-state index is -3.51. The number of hydrogen-bond donors (Lipinski definition) is 2. The van der Waals surface area contributed by atoms with Crippen molar-refractivity contribution in [3.05, 3.63) is 18.0 Å². The molecule has 2 N–H and O–H groups in total. The Labute approximate surface area is 124 Å². The maximum Gasteiger partial charge on any atom is 0.270 e. The number of carbonyl (C=O) groups excluding carboxylic acids is 1. The van der Waals surface area contributed by atoms with Gasteiger partial charge < -0.3 is 15.2 Å². The van der Waals surface area contributed by atoms with E-state index >= 15 is 0 Å². The third-order valence-electron chi connectivity index (χ3n) is 3.99. The first kappa shape index (κ1) is 14.6. The maximum atomic E-state index is 12.5. The smallest absolute Gasteiger partial charge is 0.270 e. The van der Waals surface area contributed by atoms with Gasteiger partial charge in [0.1, 0.15) is 10.6 Å². The Hall–Kier alpha value is -1.38. The van der Waals surface area contributed by atoms with Gasteiger partial charge in [0.2, 0.25) is 10.0 Å². The molecule has 2 aliphatic rings. The second-order valence-electron chi connectivity index (χ2n) is 5.40. The molecule has 1 aromatic heterocycles. The van der Waals surface area contributed by atoms with Gasteiger partial charge in [-0.3, -0.25) is 4.79 Å². The number of piperazine rings is 1. The van der Waals surface area contributed by atoms with Crippen LogP contribution in [0, 0.1) is 0 Å². The van der Waals surface area contributed by atoms with E-state index in [2.05, 4.69) is 10.3 Å². The lowest BCUT2D eigenvalue weighted by Gasteiger charge is -2.26. The van der Waals surface area contributed by atoms with E-state index < -0.39 is 10.0 Å². The molecule has 3 rings (SSSR count).